The third-order valence-corrected chi connectivity index (χ3v) is 4.64. The summed E-state index contributed by atoms with van der Waals surface area (Å²) in [5, 5.41) is 5.68. The highest BCUT2D eigenvalue weighted by Gasteiger charge is 2.31. The van der Waals surface area contributed by atoms with E-state index >= 15 is 0 Å². The van der Waals surface area contributed by atoms with Crippen LogP contribution in [-0.4, -0.2) is 31.4 Å². The molecule has 0 saturated heterocycles. The van der Waals surface area contributed by atoms with Crippen LogP contribution in [0.5, 0.6) is 0 Å². The van der Waals surface area contributed by atoms with Gasteiger partial charge in [-0.25, -0.2) is 0 Å². The zero-order valence-electron chi connectivity index (χ0n) is 12.9. The summed E-state index contributed by atoms with van der Waals surface area (Å²) in [5.74, 6) is 0.262. The first kappa shape index (κ1) is 19.9. The number of carbonyl (C=O) groups excluding carboxylic acids is 2. The third kappa shape index (κ3) is 5.79. The first-order valence-corrected chi connectivity index (χ1v) is 8.42. The van der Waals surface area contributed by atoms with Crippen LogP contribution < -0.4 is 16.4 Å². The summed E-state index contributed by atoms with van der Waals surface area (Å²) in [6, 6.07) is 7.15. The highest BCUT2D eigenvalue weighted by molar-refractivity contribution is 9.10. The average molecular weight is 405 g/mol. The summed E-state index contributed by atoms with van der Waals surface area (Å²) < 4.78 is 0.933. The minimum Gasteiger partial charge on any atom is -0.354 e. The Hall–Kier alpha value is -1.11. The minimum atomic E-state index is -0.137. The van der Waals surface area contributed by atoms with Crippen LogP contribution in [0.25, 0.3) is 0 Å². The molecule has 128 valence electrons. The fourth-order valence-electron chi connectivity index (χ4n) is 2.86. The molecule has 0 bridgehead atoms. The number of halogens is 2. The minimum absolute atomic E-state index is 0. The van der Waals surface area contributed by atoms with Crippen LogP contribution in [-0.2, 0) is 4.79 Å². The molecule has 0 heterocycles. The Morgan fingerprint density at radius 1 is 1.13 bits per heavy atom. The third-order valence-electron chi connectivity index (χ3n) is 4.11. The van der Waals surface area contributed by atoms with Gasteiger partial charge in [0.1, 0.15) is 0 Å². The topological polar surface area (TPSA) is 84.2 Å². The number of rotatable bonds is 6. The first-order valence-electron chi connectivity index (χ1n) is 7.63. The largest absolute Gasteiger partial charge is 0.354 e. The second-order valence-electron chi connectivity index (χ2n) is 5.59. The molecule has 23 heavy (non-hydrogen) atoms. The molecular formula is C16H23BrClN3O2. The van der Waals surface area contributed by atoms with Crippen LogP contribution in [0.15, 0.2) is 28.7 Å². The molecule has 0 spiro atoms. The van der Waals surface area contributed by atoms with E-state index in [1.807, 2.05) is 12.1 Å². The average Bonchev–Trinajstić information content (AvgIpc) is 3.00. The van der Waals surface area contributed by atoms with Gasteiger partial charge in [0.05, 0.1) is 0 Å². The molecule has 1 aliphatic rings. The monoisotopic (exact) mass is 403 g/mol. The van der Waals surface area contributed by atoms with E-state index in [1.165, 1.54) is 0 Å². The second kappa shape index (κ2) is 9.90. The molecule has 1 fully saturated rings. The van der Waals surface area contributed by atoms with Crippen LogP contribution >= 0.6 is 28.3 Å². The lowest BCUT2D eigenvalue weighted by Gasteiger charge is -2.17. The SMILES string of the molecule is Cl.NC[C@H]1CCC[C@H]1C(=O)NCCNC(=O)c1ccc(Br)cc1. The molecule has 0 unspecified atom stereocenters. The number of nitrogens with one attached hydrogen (secondary N) is 2. The van der Waals surface area contributed by atoms with Crippen molar-refractivity contribution in [2.45, 2.75) is 19.3 Å². The van der Waals surface area contributed by atoms with E-state index in [4.69, 9.17) is 5.73 Å². The Labute approximate surface area is 151 Å². The Morgan fingerprint density at radius 3 is 2.43 bits per heavy atom. The fourth-order valence-corrected chi connectivity index (χ4v) is 3.12. The standard InChI is InChI=1S/C16H22BrN3O2.ClH/c17-13-6-4-11(5-7-13)15(21)19-8-9-20-16(22)14-3-1-2-12(14)10-18;/h4-7,12,14H,1-3,8-10,18H2,(H,19,21)(H,20,22);1H/t12-,14-;/m1./s1. The zero-order chi connectivity index (χ0) is 15.9. The number of hydrogen-bond donors (Lipinski definition) is 3. The van der Waals surface area contributed by atoms with Crippen molar-refractivity contribution in [2.24, 2.45) is 17.6 Å². The normalized spacial score (nSPS) is 19.7. The Morgan fingerprint density at radius 2 is 1.78 bits per heavy atom. The predicted molar refractivity (Wildman–Crippen MR) is 96.6 cm³/mol. The maximum Gasteiger partial charge on any atom is 0.251 e. The molecule has 5 nitrogen and oxygen atoms in total. The summed E-state index contributed by atoms with van der Waals surface area (Å²) in [6.07, 6.45) is 3.02. The van der Waals surface area contributed by atoms with Gasteiger partial charge in [-0.2, -0.15) is 0 Å². The lowest BCUT2D eigenvalue weighted by molar-refractivity contribution is -0.125. The summed E-state index contributed by atoms with van der Waals surface area (Å²) in [4.78, 5) is 24.0. The zero-order valence-corrected chi connectivity index (χ0v) is 15.3. The van der Waals surface area contributed by atoms with Crippen LogP contribution in [0, 0.1) is 11.8 Å². The number of hydrogen-bond acceptors (Lipinski definition) is 3. The molecule has 2 amide bonds. The van der Waals surface area contributed by atoms with Crippen LogP contribution in [0.1, 0.15) is 29.6 Å². The van der Waals surface area contributed by atoms with Gasteiger partial charge >= 0.3 is 0 Å². The number of amides is 2. The van der Waals surface area contributed by atoms with E-state index in [0.29, 0.717) is 31.1 Å². The summed E-state index contributed by atoms with van der Waals surface area (Å²) in [7, 11) is 0. The molecule has 1 saturated carbocycles. The van der Waals surface area contributed by atoms with E-state index in [2.05, 4.69) is 26.6 Å². The molecule has 0 aliphatic heterocycles. The van der Waals surface area contributed by atoms with Gasteiger partial charge in [0, 0.05) is 29.0 Å². The van der Waals surface area contributed by atoms with Gasteiger partial charge < -0.3 is 16.4 Å². The van der Waals surface area contributed by atoms with Gasteiger partial charge in [-0.3, -0.25) is 9.59 Å². The van der Waals surface area contributed by atoms with Gasteiger partial charge in [-0.15, -0.1) is 12.4 Å². The van der Waals surface area contributed by atoms with Gasteiger partial charge in [0.2, 0.25) is 5.91 Å². The molecule has 2 atom stereocenters. The molecule has 1 aliphatic carbocycles. The Bertz CT molecular complexity index is 525. The fraction of sp³-hybridized carbons (Fsp3) is 0.500. The molecular weight excluding hydrogens is 382 g/mol. The Kier molecular flexibility index (Phi) is 8.58. The van der Waals surface area contributed by atoms with Gasteiger partial charge in [0.25, 0.3) is 5.91 Å². The smallest absolute Gasteiger partial charge is 0.251 e. The first-order chi connectivity index (χ1) is 10.6. The van der Waals surface area contributed by atoms with Crippen molar-refractivity contribution < 1.29 is 9.59 Å². The van der Waals surface area contributed by atoms with E-state index in [-0.39, 0.29) is 30.1 Å². The van der Waals surface area contributed by atoms with Crippen LogP contribution in [0.2, 0.25) is 0 Å². The van der Waals surface area contributed by atoms with Crippen molar-refractivity contribution in [3.8, 4) is 0 Å². The maximum atomic E-state index is 12.1. The van der Waals surface area contributed by atoms with E-state index < -0.39 is 0 Å². The van der Waals surface area contributed by atoms with Crippen molar-refractivity contribution >= 4 is 40.2 Å². The molecule has 7 heteroatoms. The molecule has 0 radical (unpaired) electrons. The summed E-state index contributed by atoms with van der Waals surface area (Å²) in [5.41, 5.74) is 6.30. The summed E-state index contributed by atoms with van der Waals surface area (Å²) >= 11 is 3.33. The molecule has 1 aromatic carbocycles. The van der Waals surface area contributed by atoms with Crippen LogP contribution in [0.3, 0.4) is 0 Å². The van der Waals surface area contributed by atoms with Gasteiger partial charge in [-0.1, -0.05) is 22.4 Å². The quantitative estimate of drug-likeness (QED) is 0.635. The van der Waals surface area contributed by atoms with Crippen LogP contribution in [0.4, 0.5) is 0 Å². The lowest BCUT2D eigenvalue weighted by atomic mass is 9.95. The maximum absolute atomic E-state index is 12.1. The molecule has 0 aromatic heterocycles. The number of benzene rings is 1. The Balaban J connectivity index is 0.00000264. The van der Waals surface area contributed by atoms with Crippen molar-refractivity contribution in [3.05, 3.63) is 34.3 Å². The van der Waals surface area contributed by atoms with Gasteiger partial charge in [-0.05, 0) is 49.6 Å². The molecule has 1 aromatic rings. The van der Waals surface area contributed by atoms with Crippen molar-refractivity contribution in [1.82, 2.24) is 10.6 Å². The van der Waals surface area contributed by atoms with E-state index in [9.17, 15) is 9.59 Å². The van der Waals surface area contributed by atoms with E-state index in [0.717, 1.165) is 23.7 Å². The van der Waals surface area contributed by atoms with Crippen molar-refractivity contribution in [3.63, 3.8) is 0 Å². The highest BCUT2D eigenvalue weighted by atomic mass is 79.9. The highest BCUT2D eigenvalue weighted by Crippen LogP contribution is 2.30. The summed E-state index contributed by atoms with van der Waals surface area (Å²) in [6.45, 7) is 1.42. The number of carbonyl (C=O) groups is 2. The van der Waals surface area contributed by atoms with E-state index in [1.54, 1.807) is 12.1 Å². The molecule has 4 N–H and O–H groups in total. The van der Waals surface area contributed by atoms with Crippen molar-refractivity contribution in [2.75, 3.05) is 19.6 Å². The predicted octanol–water partition coefficient (Wildman–Crippen LogP) is 2.09. The molecule has 2 rings (SSSR count). The van der Waals surface area contributed by atoms with Crippen molar-refractivity contribution in [1.29, 1.82) is 0 Å². The van der Waals surface area contributed by atoms with Gasteiger partial charge in [0.15, 0.2) is 0 Å². The lowest BCUT2D eigenvalue weighted by Crippen LogP contribution is -2.39. The second-order valence-corrected chi connectivity index (χ2v) is 6.50. The number of nitrogens with two attached hydrogens (primary N) is 1.